The fourth-order valence-electron chi connectivity index (χ4n) is 3.39. The van der Waals surface area contributed by atoms with Crippen LogP contribution in [0.5, 0.6) is 0 Å². The van der Waals surface area contributed by atoms with Gasteiger partial charge in [-0.2, -0.15) is 0 Å². The van der Waals surface area contributed by atoms with E-state index in [9.17, 15) is 9.59 Å². The third-order valence-electron chi connectivity index (χ3n) is 4.83. The molecule has 1 aromatic rings. The van der Waals surface area contributed by atoms with Crippen molar-refractivity contribution in [3.05, 3.63) is 34.9 Å². The van der Waals surface area contributed by atoms with Crippen LogP contribution in [0.25, 0.3) is 0 Å². The van der Waals surface area contributed by atoms with Crippen molar-refractivity contribution in [3.63, 3.8) is 0 Å². The number of carbonyl (C=O) groups is 2. The lowest BCUT2D eigenvalue weighted by atomic mass is 10.2. The minimum absolute atomic E-state index is 0.0971. The Balaban J connectivity index is 2.27. The Morgan fingerprint density at radius 1 is 1.03 bits per heavy atom. The number of hydrogen-bond acceptors (Lipinski definition) is 6. The lowest BCUT2D eigenvalue weighted by molar-refractivity contribution is 0.0347. The zero-order valence-corrected chi connectivity index (χ0v) is 22.1. The van der Waals surface area contributed by atoms with Crippen molar-refractivity contribution in [2.75, 3.05) is 26.2 Å². The molecule has 9 heteroatoms. The molecule has 0 aliphatic carbocycles. The summed E-state index contributed by atoms with van der Waals surface area (Å²) in [6.07, 6.45) is 1.96. The van der Waals surface area contributed by atoms with E-state index < -0.39 is 23.4 Å². The highest BCUT2D eigenvalue weighted by Gasteiger charge is 2.28. The quantitative estimate of drug-likeness (QED) is 0.323. The van der Waals surface area contributed by atoms with Gasteiger partial charge < -0.3 is 14.4 Å². The molecule has 1 N–H and O–H groups in total. The first-order valence-corrected chi connectivity index (χ1v) is 12.2. The van der Waals surface area contributed by atoms with Gasteiger partial charge in [0.2, 0.25) is 5.96 Å². The second-order valence-corrected chi connectivity index (χ2v) is 10.9. The van der Waals surface area contributed by atoms with Crippen molar-refractivity contribution >= 4 is 29.7 Å². The first kappa shape index (κ1) is 27.9. The van der Waals surface area contributed by atoms with Gasteiger partial charge in [-0.15, -0.1) is 0 Å². The Labute approximate surface area is 208 Å². The van der Waals surface area contributed by atoms with Gasteiger partial charge in [-0.25, -0.2) is 14.5 Å². The van der Waals surface area contributed by atoms with E-state index >= 15 is 0 Å². The number of ether oxygens (including phenoxy) is 2. The highest BCUT2D eigenvalue weighted by atomic mass is 35.5. The number of nitrogens with one attached hydrogen (secondary N) is 1. The number of nitrogens with zero attached hydrogens (tertiary/aromatic N) is 3. The summed E-state index contributed by atoms with van der Waals surface area (Å²) in [5, 5.41) is 3.27. The molecule has 0 aromatic heterocycles. The van der Waals surface area contributed by atoms with Crippen molar-refractivity contribution < 1.29 is 19.1 Å². The van der Waals surface area contributed by atoms with Crippen LogP contribution in [0.3, 0.4) is 0 Å². The molecule has 1 aliphatic rings. The number of halogens is 1. The van der Waals surface area contributed by atoms with E-state index in [-0.39, 0.29) is 12.5 Å². The topological polar surface area (TPSA) is 83.5 Å². The summed E-state index contributed by atoms with van der Waals surface area (Å²) in [5.74, 6) is 0.0971. The van der Waals surface area contributed by atoms with Gasteiger partial charge >= 0.3 is 12.2 Å². The minimum atomic E-state index is -0.720. The van der Waals surface area contributed by atoms with E-state index in [1.807, 2.05) is 12.1 Å². The summed E-state index contributed by atoms with van der Waals surface area (Å²) in [6, 6.07) is 7.13. The van der Waals surface area contributed by atoms with Crippen LogP contribution < -0.4 is 5.32 Å². The molecule has 1 aliphatic heterocycles. The smallest absolute Gasteiger partial charge is 0.417 e. The summed E-state index contributed by atoms with van der Waals surface area (Å²) < 4.78 is 11.0. The standard InChI is InChI=1S/C25H39ClN4O4/c1-24(2,3)33-22(31)28-21(27-14-9-17-29-15-7-8-16-29)30(23(32)34-25(4,5)6)18-19-10-12-20(26)13-11-19/h10-13H,7-9,14-18H2,1-6H3,(H,27,28,31). The number of hydrogen-bond donors (Lipinski definition) is 1. The number of aliphatic imine (C=N–C) groups is 1. The van der Waals surface area contributed by atoms with Crippen LogP contribution in [0.4, 0.5) is 9.59 Å². The van der Waals surface area contributed by atoms with E-state index in [0.29, 0.717) is 11.6 Å². The van der Waals surface area contributed by atoms with Gasteiger partial charge in [0.15, 0.2) is 0 Å². The van der Waals surface area contributed by atoms with Crippen LogP contribution in [0.1, 0.15) is 66.4 Å². The van der Waals surface area contributed by atoms with E-state index in [4.69, 9.17) is 21.1 Å². The van der Waals surface area contributed by atoms with E-state index in [0.717, 1.165) is 31.6 Å². The van der Waals surface area contributed by atoms with Gasteiger partial charge in [-0.05, 0) is 98.1 Å². The van der Waals surface area contributed by atoms with Crippen molar-refractivity contribution in [1.82, 2.24) is 15.1 Å². The summed E-state index contributed by atoms with van der Waals surface area (Å²) in [4.78, 5) is 34.1. The number of likely N-dealkylation sites (tertiary alicyclic amines) is 1. The fourth-order valence-corrected chi connectivity index (χ4v) is 3.51. The highest BCUT2D eigenvalue weighted by molar-refractivity contribution is 6.30. The molecule has 34 heavy (non-hydrogen) atoms. The van der Waals surface area contributed by atoms with Gasteiger partial charge in [-0.1, -0.05) is 23.7 Å². The zero-order valence-electron chi connectivity index (χ0n) is 21.3. The van der Waals surface area contributed by atoms with E-state index in [1.54, 1.807) is 53.7 Å². The Morgan fingerprint density at radius 3 is 2.18 bits per heavy atom. The largest absolute Gasteiger partial charge is 0.444 e. The number of rotatable bonds is 6. The fraction of sp³-hybridized carbons (Fsp3) is 0.640. The molecule has 1 aromatic carbocycles. The summed E-state index contributed by atoms with van der Waals surface area (Å²) in [7, 11) is 0. The molecule has 1 saturated heterocycles. The maximum absolute atomic E-state index is 13.2. The van der Waals surface area contributed by atoms with Gasteiger partial charge in [0.05, 0.1) is 6.54 Å². The molecular weight excluding hydrogens is 456 g/mol. The molecule has 1 fully saturated rings. The van der Waals surface area contributed by atoms with Crippen LogP contribution >= 0.6 is 11.6 Å². The Hall–Kier alpha value is -2.32. The number of benzene rings is 1. The Bertz CT molecular complexity index is 838. The average molecular weight is 495 g/mol. The maximum atomic E-state index is 13.2. The van der Waals surface area contributed by atoms with E-state index in [1.165, 1.54) is 17.7 Å². The Morgan fingerprint density at radius 2 is 1.62 bits per heavy atom. The van der Waals surface area contributed by atoms with Crippen LogP contribution in [0.2, 0.25) is 5.02 Å². The zero-order chi connectivity index (χ0) is 25.4. The number of amides is 2. The van der Waals surface area contributed by atoms with Crippen LogP contribution in [0.15, 0.2) is 29.3 Å². The van der Waals surface area contributed by atoms with Gasteiger partial charge in [0, 0.05) is 11.6 Å². The normalized spacial score (nSPS) is 15.2. The average Bonchev–Trinajstić information content (AvgIpc) is 3.20. The molecule has 1 heterocycles. The molecule has 2 amide bonds. The van der Waals surface area contributed by atoms with Crippen molar-refractivity contribution in [2.45, 2.75) is 78.6 Å². The lowest BCUT2D eigenvalue weighted by Crippen LogP contribution is -2.49. The molecule has 0 bridgehead atoms. The second-order valence-electron chi connectivity index (χ2n) is 10.4. The summed E-state index contributed by atoms with van der Waals surface area (Å²) in [5.41, 5.74) is -0.606. The molecule has 2 rings (SSSR count). The number of carbonyl (C=O) groups excluding carboxylic acids is 2. The van der Waals surface area contributed by atoms with Crippen LogP contribution in [0, 0.1) is 0 Å². The lowest BCUT2D eigenvalue weighted by Gasteiger charge is -2.29. The summed E-state index contributed by atoms with van der Waals surface area (Å²) in [6.45, 7) is 14.4. The highest BCUT2D eigenvalue weighted by Crippen LogP contribution is 2.16. The van der Waals surface area contributed by atoms with Crippen LogP contribution in [-0.2, 0) is 16.0 Å². The third-order valence-corrected chi connectivity index (χ3v) is 5.08. The summed E-state index contributed by atoms with van der Waals surface area (Å²) >= 11 is 6.02. The minimum Gasteiger partial charge on any atom is -0.444 e. The maximum Gasteiger partial charge on any atom is 0.417 e. The molecule has 0 atom stereocenters. The number of alkyl carbamates (subject to hydrolysis) is 1. The van der Waals surface area contributed by atoms with Crippen LogP contribution in [-0.4, -0.2) is 65.3 Å². The van der Waals surface area contributed by atoms with Crippen molar-refractivity contribution in [1.29, 1.82) is 0 Å². The monoisotopic (exact) mass is 494 g/mol. The third kappa shape index (κ3) is 10.7. The molecule has 8 nitrogen and oxygen atoms in total. The molecule has 190 valence electrons. The molecule has 0 radical (unpaired) electrons. The Kier molecular flexibility index (Phi) is 10.2. The van der Waals surface area contributed by atoms with Crippen molar-refractivity contribution in [2.24, 2.45) is 4.99 Å². The number of guanidine groups is 1. The molecular formula is C25H39ClN4O4. The van der Waals surface area contributed by atoms with Gasteiger partial charge in [-0.3, -0.25) is 10.3 Å². The van der Waals surface area contributed by atoms with Crippen molar-refractivity contribution in [3.8, 4) is 0 Å². The molecule has 0 unspecified atom stereocenters. The van der Waals surface area contributed by atoms with Gasteiger partial charge in [0.25, 0.3) is 0 Å². The predicted octanol–water partition coefficient (Wildman–Crippen LogP) is 5.44. The molecule has 0 spiro atoms. The molecule has 0 saturated carbocycles. The first-order chi connectivity index (χ1) is 15.8. The van der Waals surface area contributed by atoms with E-state index in [2.05, 4.69) is 15.2 Å². The second kappa shape index (κ2) is 12.4. The predicted molar refractivity (Wildman–Crippen MR) is 135 cm³/mol. The SMILES string of the molecule is CC(C)(C)OC(=O)N/C(=N\CCCN1CCCC1)N(Cc1ccc(Cl)cc1)C(=O)OC(C)(C)C. The first-order valence-electron chi connectivity index (χ1n) is 11.8. The van der Waals surface area contributed by atoms with Gasteiger partial charge in [0.1, 0.15) is 11.2 Å².